The molecule has 7 rings (SSSR count). The lowest BCUT2D eigenvalue weighted by Gasteiger charge is -2.46. The van der Waals surface area contributed by atoms with Crippen molar-refractivity contribution in [1.82, 2.24) is 20.1 Å². The van der Waals surface area contributed by atoms with E-state index in [1.807, 2.05) is 25.1 Å². The van der Waals surface area contributed by atoms with E-state index in [0.717, 1.165) is 40.8 Å². The number of piperidine rings is 3. The molecule has 7 nitrogen and oxygen atoms in total. The van der Waals surface area contributed by atoms with Crippen molar-refractivity contribution in [1.29, 1.82) is 0 Å². The molecule has 3 aliphatic heterocycles. The lowest BCUT2D eigenvalue weighted by Crippen LogP contribution is -2.52. The summed E-state index contributed by atoms with van der Waals surface area (Å²) in [6, 6.07) is 12.2. The summed E-state index contributed by atoms with van der Waals surface area (Å²) in [5.74, 6) is 1.26. The van der Waals surface area contributed by atoms with E-state index in [1.165, 1.54) is 90.0 Å². The van der Waals surface area contributed by atoms with Crippen LogP contribution in [0, 0.1) is 18.7 Å². The molecular formula is C35H45FN4O3. The second-order valence-electron chi connectivity index (χ2n) is 12.6. The molecule has 2 atom stereocenters. The highest BCUT2D eigenvalue weighted by Gasteiger charge is 2.34. The smallest absolute Gasteiger partial charge is 0.166 e. The molecule has 8 heteroatoms. The van der Waals surface area contributed by atoms with Crippen LogP contribution in [0.25, 0.3) is 21.9 Å². The topological polar surface area (TPSA) is 73.7 Å². The van der Waals surface area contributed by atoms with Crippen LogP contribution in [0.4, 0.5) is 4.39 Å². The maximum absolute atomic E-state index is 14.2. The van der Waals surface area contributed by atoms with Crippen LogP contribution in [0.5, 0.6) is 5.75 Å². The zero-order chi connectivity index (χ0) is 29.8. The molecule has 0 radical (unpaired) electrons. The maximum Gasteiger partial charge on any atom is 0.166 e. The molecule has 2 unspecified atom stereocenters. The van der Waals surface area contributed by atoms with E-state index in [-0.39, 0.29) is 12.4 Å². The monoisotopic (exact) mass is 588 g/mol. The molecule has 0 spiro atoms. The highest BCUT2D eigenvalue weighted by molar-refractivity contribution is 5.92. The number of hydrogen-bond donors (Lipinski definition) is 2. The lowest BCUT2D eigenvalue weighted by molar-refractivity contribution is 0.0354. The molecule has 2 aromatic carbocycles. The number of aldehydes is 1. The normalized spacial score (nSPS) is 21.8. The lowest BCUT2D eigenvalue weighted by atomic mass is 9.83. The highest BCUT2D eigenvalue weighted by atomic mass is 19.1. The number of ether oxygens (including phenoxy) is 1. The van der Waals surface area contributed by atoms with E-state index in [1.54, 1.807) is 12.1 Å². The molecule has 2 N–H and O–H groups in total. The molecule has 0 aliphatic carbocycles. The van der Waals surface area contributed by atoms with Crippen molar-refractivity contribution in [3.05, 3.63) is 65.3 Å². The zero-order valence-corrected chi connectivity index (χ0v) is 25.5. The first-order chi connectivity index (χ1) is 21.0. The van der Waals surface area contributed by atoms with Gasteiger partial charge < -0.3 is 29.3 Å². The summed E-state index contributed by atoms with van der Waals surface area (Å²) in [6.45, 7) is 8.75. The molecule has 0 amide bonds. The Morgan fingerprint density at radius 1 is 1.07 bits per heavy atom. The van der Waals surface area contributed by atoms with Gasteiger partial charge in [-0.2, -0.15) is 0 Å². The molecule has 0 saturated carbocycles. The number of aryl methyl sites for hydroxylation is 1. The molecule has 230 valence electrons. The molecule has 2 aromatic heterocycles. The van der Waals surface area contributed by atoms with Gasteiger partial charge in [0.2, 0.25) is 0 Å². The number of likely N-dealkylation sites (tertiary alicyclic amines) is 1. The summed E-state index contributed by atoms with van der Waals surface area (Å²) in [5.41, 5.74) is 3.25. The Kier molecular flexibility index (Phi) is 9.46. The standard InChI is InChI=1S/C19H14FNO3.C16H31N3/c1-11-5-15(20)19-12(10-24-18(19)6-11)9-23-17-4-2-3-16-14(17)7-13(8-22)21-16;1-17-15-7-11-18(12-8-15)13-14-5-4-10-19-9-3-2-6-16(14)19/h2-8,10,21H,9H2,1H3;14-17H,2-13H2,1H3. The summed E-state index contributed by atoms with van der Waals surface area (Å²) in [6.07, 6.45) is 12.3. The quantitative estimate of drug-likeness (QED) is 0.235. The predicted octanol–water partition coefficient (Wildman–Crippen LogP) is 6.69. The molecular weight excluding hydrogens is 543 g/mol. The minimum absolute atomic E-state index is 0.174. The first-order valence-corrected chi connectivity index (χ1v) is 16.0. The largest absolute Gasteiger partial charge is 0.488 e. The molecule has 3 fully saturated rings. The number of H-pyrrole nitrogens is 1. The SMILES string of the molecule is CNC1CCN(CC2CCCN3CCCCC23)CC1.Cc1cc(F)c2c(COc3cccc4[nH]c(C=O)cc34)coc2c1. The fourth-order valence-corrected chi connectivity index (χ4v) is 7.43. The van der Waals surface area contributed by atoms with Gasteiger partial charge in [0.05, 0.1) is 17.3 Å². The van der Waals surface area contributed by atoms with Crippen LogP contribution in [-0.4, -0.2) is 72.9 Å². The first kappa shape index (κ1) is 29.9. The zero-order valence-electron chi connectivity index (χ0n) is 25.5. The Labute approximate surface area is 253 Å². The number of fused-ring (bicyclic) bond motifs is 3. The molecule has 0 bridgehead atoms. The Hall–Kier alpha value is -3.20. The number of halogens is 1. The Balaban J connectivity index is 0.000000157. The number of aromatic amines is 1. The Morgan fingerprint density at radius 2 is 1.91 bits per heavy atom. The number of carbonyl (C=O) groups is 1. The van der Waals surface area contributed by atoms with Crippen molar-refractivity contribution in [2.24, 2.45) is 5.92 Å². The Morgan fingerprint density at radius 3 is 2.72 bits per heavy atom. The van der Waals surface area contributed by atoms with Crippen LogP contribution in [0.15, 0.2) is 47.1 Å². The highest BCUT2D eigenvalue weighted by Crippen LogP contribution is 2.32. The molecule has 5 heterocycles. The van der Waals surface area contributed by atoms with Crippen molar-refractivity contribution >= 4 is 28.2 Å². The molecule has 43 heavy (non-hydrogen) atoms. The van der Waals surface area contributed by atoms with Crippen molar-refractivity contribution in [3.63, 3.8) is 0 Å². The number of furan rings is 1. The summed E-state index contributed by atoms with van der Waals surface area (Å²) in [4.78, 5) is 19.5. The third-order valence-electron chi connectivity index (χ3n) is 9.72. The summed E-state index contributed by atoms with van der Waals surface area (Å²) in [7, 11) is 2.11. The minimum Gasteiger partial charge on any atom is -0.488 e. The average molecular weight is 589 g/mol. The van der Waals surface area contributed by atoms with Gasteiger partial charge in [0.1, 0.15) is 23.8 Å². The second kappa shape index (κ2) is 13.6. The van der Waals surface area contributed by atoms with Crippen LogP contribution in [0.2, 0.25) is 0 Å². The number of rotatable bonds is 7. The molecule has 3 aliphatic rings. The van der Waals surface area contributed by atoms with E-state index in [4.69, 9.17) is 9.15 Å². The van der Waals surface area contributed by atoms with Crippen molar-refractivity contribution in [2.75, 3.05) is 39.8 Å². The van der Waals surface area contributed by atoms with Gasteiger partial charge in [-0.3, -0.25) is 4.79 Å². The van der Waals surface area contributed by atoms with Gasteiger partial charge >= 0.3 is 0 Å². The number of nitrogens with one attached hydrogen (secondary N) is 2. The van der Waals surface area contributed by atoms with Gasteiger partial charge in [-0.1, -0.05) is 12.5 Å². The van der Waals surface area contributed by atoms with Gasteiger partial charge in [-0.15, -0.1) is 0 Å². The number of hydrogen-bond acceptors (Lipinski definition) is 6. The fourth-order valence-electron chi connectivity index (χ4n) is 7.43. The van der Waals surface area contributed by atoms with E-state index < -0.39 is 0 Å². The Bertz CT molecular complexity index is 1520. The predicted molar refractivity (Wildman–Crippen MR) is 169 cm³/mol. The average Bonchev–Trinajstić information content (AvgIpc) is 3.65. The van der Waals surface area contributed by atoms with Gasteiger partial charge in [-0.25, -0.2) is 4.39 Å². The van der Waals surface area contributed by atoms with Crippen molar-refractivity contribution < 1.29 is 18.3 Å². The summed E-state index contributed by atoms with van der Waals surface area (Å²) >= 11 is 0. The van der Waals surface area contributed by atoms with Gasteiger partial charge in [0.25, 0.3) is 0 Å². The van der Waals surface area contributed by atoms with Gasteiger partial charge in [0.15, 0.2) is 6.29 Å². The van der Waals surface area contributed by atoms with Crippen LogP contribution in [0.1, 0.15) is 66.6 Å². The van der Waals surface area contributed by atoms with Gasteiger partial charge in [-0.05, 0) is 120 Å². The van der Waals surface area contributed by atoms with Crippen LogP contribution < -0.4 is 10.1 Å². The summed E-state index contributed by atoms with van der Waals surface area (Å²) in [5, 5.41) is 4.69. The third-order valence-corrected chi connectivity index (χ3v) is 9.72. The van der Waals surface area contributed by atoms with E-state index in [9.17, 15) is 9.18 Å². The first-order valence-electron chi connectivity index (χ1n) is 16.0. The number of nitrogens with zero attached hydrogens (tertiary/aromatic N) is 2. The minimum atomic E-state index is -0.319. The van der Waals surface area contributed by atoms with Crippen LogP contribution in [0.3, 0.4) is 0 Å². The van der Waals surface area contributed by atoms with Crippen molar-refractivity contribution in [2.45, 2.75) is 70.6 Å². The third kappa shape index (κ3) is 6.82. The second-order valence-corrected chi connectivity index (χ2v) is 12.6. The number of benzene rings is 2. The summed E-state index contributed by atoms with van der Waals surface area (Å²) < 4.78 is 25.5. The molecule has 3 saturated heterocycles. The van der Waals surface area contributed by atoms with E-state index in [2.05, 4.69) is 27.1 Å². The van der Waals surface area contributed by atoms with E-state index >= 15 is 0 Å². The fraction of sp³-hybridized carbons (Fsp3) is 0.514. The van der Waals surface area contributed by atoms with Gasteiger partial charge in [0, 0.05) is 35.1 Å². The maximum atomic E-state index is 14.2. The van der Waals surface area contributed by atoms with Crippen LogP contribution in [-0.2, 0) is 6.61 Å². The number of aromatic nitrogens is 1. The number of carbonyl (C=O) groups excluding carboxylic acids is 1. The molecule has 4 aromatic rings. The van der Waals surface area contributed by atoms with Crippen molar-refractivity contribution in [3.8, 4) is 5.75 Å². The van der Waals surface area contributed by atoms with E-state index in [0.29, 0.717) is 28.0 Å². The van der Waals surface area contributed by atoms with Crippen LogP contribution >= 0.6 is 0 Å².